The van der Waals surface area contributed by atoms with E-state index < -0.39 is 8.37 Å². The van der Waals surface area contributed by atoms with Gasteiger partial charge >= 0.3 is 0 Å². The largest absolute Gasteiger partial charge is 0.370 e. The lowest BCUT2D eigenvalue weighted by atomic mass is 10.1. The molecule has 0 radical (unpaired) electrons. The summed E-state index contributed by atoms with van der Waals surface area (Å²) in [6.07, 6.45) is -0.829. The Hall–Kier alpha value is 0.0900. The molecule has 16 heavy (non-hydrogen) atoms. The molecule has 0 saturated carbocycles. The van der Waals surface area contributed by atoms with Crippen molar-refractivity contribution in [3.05, 3.63) is 35.9 Å². The average Bonchev–Trinajstić information content (AvgIpc) is 2.17. The molecule has 0 heterocycles. The third-order valence-electron chi connectivity index (χ3n) is 1.82. The van der Waals surface area contributed by atoms with Crippen LogP contribution in [0.5, 0.6) is 0 Å². The quantitative estimate of drug-likeness (QED) is 0.588. The van der Waals surface area contributed by atoms with Crippen molar-refractivity contribution in [2.45, 2.75) is 14.8 Å². The number of nitrogens with one attached hydrogen (secondary N) is 1. The van der Waals surface area contributed by atoms with Crippen LogP contribution in [0.25, 0.3) is 0 Å². The zero-order chi connectivity index (χ0) is 12.2. The Labute approximate surface area is 119 Å². The third-order valence-corrected chi connectivity index (χ3v) is 3.12. The van der Waals surface area contributed by atoms with E-state index in [9.17, 15) is 9.90 Å². The van der Waals surface area contributed by atoms with Gasteiger partial charge in [-0.25, -0.2) is 0 Å². The van der Waals surface area contributed by atoms with Gasteiger partial charge in [-0.05, 0) is 5.56 Å². The monoisotopic (exact) mass is 413 g/mol. The second-order valence-electron chi connectivity index (χ2n) is 3.17. The van der Waals surface area contributed by atoms with Gasteiger partial charge in [-0.15, -0.1) is 0 Å². The molecule has 1 aromatic rings. The molecule has 88 valence electrons. The Morgan fingerprint density at radius 1 is 1.31 bits per heavy atom. The second-order valence-corrected chi connectivity index (χ2v) is 10.1. The predicted octanol–water partition coefficient (Wildman–Crippen LogP) is 2.50. The zero-order valence-corrected chi connectivity index (χ0v) is 12.9. The standard InChI is InChI=1S/C10H10Br3NO2/c11-10(12,13)9(16)14-8(15)6-7-4-2-1-3-5-7/h1-5,9,16H,6H2,(H,14,15)/t9-/m1/s1. The van der Waals surface area contributed by atoms with E-state index in [2.05, 4.69) is 53.1 Å². The Morgan fingerprint density at radius 2 is 1.88 bits per heavy atom. The van der Waals surface area contributed by atoms with Crippen molar-refractivity contribution >= 4 is 53.7 Å². The van der Waals surface area contributed by atoms with Gasteiger partial charge in [-0.2, -0.15) is 0 Å². The highest BCUT2D eigenvalue weighted by Gasteiger charge is 2.30. The van der Waals surface area contributed by atoms with E-state index in [1.807, 2.05) is 30.3 Å². The summed E-state index contributed by atoms with van der Waals surface area (Å²) in [6, 6.07) is 9.33. The van der Waals surface area contributed by atoms with Crippen molar-refractivity contribution < 1.29 is 9.90 Å². The number of benzene rings is 1. The number of rotatable bonds is 3. The van der Waals surface area contributed by atoms with E-state index >= 15 is 0 Å². The van der Waals surface area contributed by atoms with E-state index in [0.29, 0.717) is 0 Å². The highest BCUT2D eigenvalue weighted by Crippen LogP contribution is 2.35. The fourth-order valence-electron chi connectivity index (χ4n) is 1.07. The highest BCUT2D eigenvalue weighted by atomic mass is 80.0. The summed E-state index contributed by atoms with van der Waals surface area (Å²) in [6.45, 7) is 0. The summed E-state index contributed by atoms with van der Waals surface area (Å²) in [5, 5.41) is 12.0. The second kappa shape index (κ2) is 6.14. The average molecular weight is 416 g/mol. The number of halogens is 3. The Bertz CT molecular complexity index is 351. The van der Waals surface area contributed by atoms with Crippen molar-refractivity contribution in [1.82, 2.24) is 5.32 Å². The van der Waals surface area contributed by atoms with E-state index in [1.165, 1.54) is 0 Å². The first-order valence-electron chi connectivity index (χ1n) is 4.47. The van der Waals surface area contributed by atoms with Crippen molar-refractivity contribution in [2.75, 3.05) is 0 Å². The number of aliphatic hydroxyl groups excluding tert-OH is 1. The van der Waals surface area contributed by atoms with Crippen LogP contribution in [0.3, 0.4) is 0 Å². The molecule has 1 rings (SSSR count). The lowest BCUT2D eigenvalue weighted by Gasteiger charge is -2.21. The van der Waals surface area contributed by atoms with Gasteiger partial charge < -0.3 is 10.4 Å². The van der Waals surface area contributed by atoms with E-state index in [-0.39, 0.29) is 12.3 Å². The number of carbonyl (C=O) groups excluding carboxylic acids is 1. The van der Waals surface area contributed by atoms with Crippen molar-refractivity contribution in [3.8, 4) is 0 Å². The molecule has 1 amide bonds. The predicted molar refractivity (Wildman–Crippen MR) is 73.8 cm³/mol. The van der Waals surface area contributed by atoms with Crippen LogP contribution in [-0.4, -0.2) is 19.4 Å². The molecule has 1 aromatic carbocycles. The Morgan fingerprint density at radius 3 is 2.38 bits per heavy atom. The molecular formula is C10H10Br3NO2. The van der Waals surface area contributed by atoms with Gasteiger partial charge in [-0.1, -0.05) is 78.1 Å². The topological polar surface area (TPSA) is 49.3 Å². The van der Waals surface area contributed by atoms with E-state index in [4.69, 9.17) is 0 Å². The highest BCUT2D eigenvalue weighted by molar-refractivity contribution is 9.39. The van der Waals surface area contributed by atoms with Crippen molar-refractivity contribution in [1.29, 1.82) is 0 Å². The lowest BCUT2D eigenvalue weighted by molar-refractivity contribution is -0.123. The zero-order valence-electron chi connectivity index (χ0n) is 8.16. The summed E-state index contributed by atoms with van der Waals surface area (Å²) < 4.78 is -0.903. The SMILES string of the molecule is O=C(Cc1ccccc1)N[C@H](O)C(Br)(Br)Br. The van der Waals surface area contributed by atoms with Gasteiger partial charge in [0.25, 0.3) is 0 Å². The molecule has 0 spiro atoms. The van der Waals surface area contributed by atoms with Gasteiger partial charge in [0.1, 0.15) is 0 Å². The van der Waals surface area contributed by atoms with Crippen molar-refractivity contribution in [2.24, 2.45) is 0 Å². The number of amides is 1. The molecule has 0 unspecified atom stereocenters. The molecule has 2 N–H and O–H groups in total. The minimum absolute atomic E-state index is 0.237. The van der Waals surface area contributed by atoms with Crippen LogP contribution in [0.2, 0.25) is 0 Å². The molecule has 0 aliphatic carbocycles. The minimum Gasteiger partial charge on any atom is -0.370 e. The van der Waals surface area contributed by atoms with Crippen LogP contribution in [-0.2, 0) is 11.2 Å². The van der Waals surface area contributed by atoms with Crippen LogP contribution in [0.1, 0.15) is 5.56 Å². The first-order valence-corrected chi connectivity index (χ1v) is 6.85. The van der Waals surface area contributed by atoms with Crippen LogP contribution >= 0.6 is 47.8 Å². The first-order chi connectivity index (χ1) is 7.39. The summed E-state index contributed by atoms with van der Waals surface area (Å²) in [4.78, 5) is 11.5. The van der Waals surface area contributed by atoms with Crippen LogP contribution in [0.15, 0.2) is 30.3 Å². The first kappa shape index (κ1) is 14.2. The molecule has 0 aliphatic heterocycles. The molecular weight excluding hydrogens is 406 g/mol. The molecule has 0 aliphatic rings. The van der Waals surface area contributed by atoms with Gasteiger partial charge in [-0.3, -0.25) is 4.79 Å². The smallest absolute Gasteiger partial charge is 0.226 e. The number of aliphatic hydroxyl groups is 1. The lowest BCUT2D eigenvalue weighted by Crippen LogP contribution is -2.43. The van der Waals surface area contributed by atoms with Gasteiger partial charge in [0.2, 0.25) is 5.91 Å². The maximum atomic E-state index is 11.5. The van der Waals surface area contributed by atoms with Crippen LogP contribution in [0, 0.1) is 0 Å². The third kappa shape index (κ3) is 4.95. The van der Waals surface area contributed by atoms with Crippen LogP contribution < -0.4 is 5.32 Å². The maximum Gasteiger partial charge on any atom is 0.226 e. The fraction of sp³-hybridized carbons (Fsp3) is 0.300. The molecule has 3 nitrogen and oxygen atoms in total. The number of hydrogen-bond donors (Lipinski definition) is 2. The number of carbonyl (C=O) groups is 1. The Balaban J connectivity index is 2.49. The molecule has 0 bridgehead atoms. The summed E-state index contributed by atoms with van der Waals surface area (Å²) >= 11 is 9.38. The fourth-order valence-corrected chi connectivity index (χ4v) is 1.41. The molecule has 1 atom stereocenters. The number of alkyl halides is 3. The van der Waals surface area contributed by atoms with Crippen molar-refractivity contribution in [3.63, 3.8) is 0 Å². The molecule has 0 saturated heterocycles. The number of hydrogen-bond acceptors (Lipinski definition) is 2. The van der Waals surface area contributed by atoms with Gasteiger partial charge in [0, 0.05) is 0 Å². The van der Waals surface area contributed by atoms with Gasteiger partial charge in [0.15, 0.2) is 8.37 Å². The van der Waals surface area contributed by atoms with E-state index in [0.717, 1.165) is 5.56 Å². The molecule has 0 fully saturated rings. The minimum atomic E-state index is -1.07. The molecule has 0 aromatic heterocycles. The maximum absolute atomic E-state index is 11.5. The summed E-state index contributed by atoms with van der Waals surface area (Å²) in [7, 11) is 0. The normalized spacial score (nSPS) is 13.2. The van der Waals surface area contributed by atoms with Gasteiger partial charge in [0.05, 0.1) is 6.42 Å². The molecule has 6 heteroatoms. The summed E-state index contributed by atoms with van der Waals surface area (Å²) in [5.41, 5.74) is 0.900. The van der Waals surface area contributed by atoms with Crippen LogP contribution in [0.4, 0.5) is 0 Å². The summed E-state index contributed by atoms with van der Waals surface area (Å²) in [5.74, 6) is -0.249. The Kier molecular flexibility index (Phi) is 5.43. The van der Waals surface area contributed by atoms with E-state index in [1.54, 1.807) is 0 Å².